The third-order valence-electron chi connectivity index (χ3n) is 1.57. The highest BCUT2D eigenvalue weighted by Gasteiger charge is 2.12. The number of hydrogen-bond acceptors (Lipinski definition) is 3. The van der Waals surface area contributed by atoms with Gasteiger partial charge in [0.15, 0.2) is 5.78 Å². The van der Waals surface area contributed by atoms with E-state index in [1.165, 1.54) is 23.2 Å². The molecule has 0 atom stereocenters. The van der Waals surface area contributed by atoms with Gasteiger partial charge in [0, 0.05) is 14.1 Å². The lowest BCUT2D eigenvalue weighted by Gasteiger charge is -2.06. The standard InChI is InChI=1S/C9H11NO2S/c1-6(11)7-4-5-8(13-7)9(12)10(2)3/h4-5H,1-3H3. The van der Waals surface area contributed by atoms with E-state index >= 15 is 0 Å². The molecule has 3 nitrogen and oxygen atoms in total. The number of ketones is 1. The van der Waals surface area contributed by atoms with Gasteiger partial charge in [0.2, 0.25) is 0 Å². The lowest BCUT2D eigenvalue weighted by atomic mass is 10.3. The average Bonchev–Trinajstić information content (AvgIpc) is 2.50. The van der Waals surface area contributed by atoms with Gasteiger partial charge in [-0.05, 0) is 19.1 Å². The van der Waals surface area contributed by atoms with Crippen molar-refractivity contribution in [2.24, 2.45) is 0 Å². The number of amides is 1. The molecule has 13 heavy (non-hydrogen) atoms. The molecule has 0 saturated heterocycles. The van der Waals surface area contributed by atoms with Crippen LogP contribution >= 0.6 is 11.3 Å². The first-order valence-corrected chi connectivity index (χ1v) is 4.66. The van der Waals surface area contributed by atoms with Crippen LogP contribution in [0.4, 0.5) is 0 Å². The number of carbonyl (C=O) groups excluding carboxylic acids is 2. The van der Waals surface area contributed by atoms with Crippen molar-refractivity contribution in [1.82, 2.24) is 4.90 Å². The molecule has 0 unspecified atom stereocenters. The molecule has 0 aromatic carbocycles. The molecule has 0 spiro atoms. The van der Waals surface area contributed by atoms with Crippen LogP contribution in [0.1, 0.15) is 26.3 Å². The van der Waals surface area contributed by atoms with Crippen molar-refractivity contribution < 1.29 is 9.59 Å². The first-order chi connectivity index (χ1) is 6.02. The molecule has 1 aromatic rings. The van der Waals surface area contributed by atoms with Crippen LogP contribution in [-0.2, 0) is 0 Å². The predicted octanol–water partition coefficient (Wildman–Crippen LogP) is 1.65. The van der Waals surface area contributed by atoms with Crippen molar-refractivity contribution in [3.8, 4) is 0 Å². The van der Waals surface area contributed by atoms with E-state index in [1.807, 2.05) is 0 Å². The monoisotopic (exact) mass is 197 g/mol. The third-order valence-corrected chi connectivity index (χ3v) is 2.74. The topological polar surface area (TPSA) is 37.4 Å². The first kappa shape index (κ1) is 9.92. The highest BCUT2D eigenvalue weighted by atomic mass is 32.1. The van der Waals surface area contributed by atoms with Crippen LogP contribution in [0.5, 0.6) is 0 Å². The van der Waals surface area contributed by atoms with Crippen molar-refractivity contribution in [3.05, 3.63) is 21.9 Å². The zero-order valence-electron chi connectivity index (χ0n) is 7.83. The molecular weight excluding hydrogens is 186 g/mol. The number of carbonyl (C=O) groups is 2. The van der Waals surface area contributed by atoms with Crippen LogP contribution in [0.3, 0.4) is 0 Å². The Balaban J connectivity index is 2.92. The minimum absolute atomic E-state index is 0.00260. The Bertz CT molecular complexity index is 341. The van der Waals surface area contributed by atoms with Crippen molar-refractivity contribution in [3.63, 3.8) is 0 Å². The minimum atomic E-state index is -0.0579. The summed E-state index contributed by atoms with van der Waals surface area (Å²) in [6.07, 6.45) is 0. The van der Waals surface area contributed by atoms with E-state index in [2.05, 4.69) is 0 Å². The zero-order chi connectivity index (χ0) is 10.0. The summed E-state index contributed by atoms with van der Waals surface area (Å²) in [7, 11) is 3.38. The number of rotatable bonds is 2. The second kappa shape index (κ2) is 3.70. The molecule has 0 radical (unpaired) electrons. The summed E-state index contributed by atoms with van der Waals surface area (Å²) < 4.78 is 0. The first-order valence-electron chi connectivity index (χ1n) is 3.85. The predicted molar refractivity (Wildman–Crippen MR) is 52.3 cm³/mol. The molecule has 0 N–H and O–H groups in total. The Hall–Kier alpha value is -1.16. The molecule has 0 saturated carbocycles. The van der Waals surface area contributed by atoms with Gasteiger partial charge in [-0.15, -0.1) is 11.3 Å². The maximum absolute atomic E-state index is 11.4. The molecule has 4 heteroatoms. The maximum Gasteiger partial charge on any atom is 0.263 e. The van der Waals surface area contributed by atoms with E-state index in [0.29, 0.717) is 9.75 Å². The van der Waals surface area contributed by atoms with E-state index in [1.54, 1.807) is 26.2 Å². The van der Waals surface area contributed by atoms with Crippen LogP contribution in [-0.4, -0.2) is 30.7 Å². The molecule has 0 aliphatic rings. The summed E-state index contributed by atoms with van der Waals surface area (Å²) in [5.41, 5.74) is 0. The van der Waals surface area contributed by atoms with Crippen LogP contribution < -0.4 is 0 Å². The summed E-state index contributed by atoms with van der Waals surface area (Å²) in [5.74, 6) is -0.0553. The van der Waals surface area contributed by atoms with Gasteiger partial charge >= 0.3 is 0 Å². The SMILES string of the molecule is CC(=O)c1ccc(C(=O)N(C)C)s1. The number of Topliss-reactive ketones (excluding diaryl/α,β-unsaturated/α-hetero) is 1. The Morgan fingerprint density at radius 3 is 2.15 bits per heavy atom. The maximum atomic E-state index is 11.4. The Morgan fingerprint density at radius 2 is 1.77 bits per heavy atom. The quantitative estimate of drug-likeness (QED) is 0.676. The molecule has 1 rings (SSSR count). The van der Waals surface area contributed by atoms with E-state index in [4.69, 9.17) is 0 Å². The van der Waals surface area contributed by atoms with Crippen LogP contribution in [0.15, 0.2) is 12.1 Å². The molecule has 1 amide bonds. The van der Waals surface area contributed by atoms with Gasteiger partial charge in [-0.3, -0.25) is 9.59 Å². The number of thiophene rings is 1. The second-order valence-corrected chi connectivity index (χ2v) is 4.00. The fourth-order valence-electron chi connectivity index (χ4n) is 0.862. The second-order valence-electron chi connectivity index (χ2n) is 2.92. The van der Waals surface area contributed by atoms with Crippen LogP contribution in [0.25, 0.3) is 0 Å². The molecule has 0 fully saturated rings. The number of nitrogens with zero attached hydrogens (tertiary/aromatic N) is 1. The molecule has 0 aliphatic heterocycles. The summed E-state index contributed by atoms with van der Waals surface area (Å²) in [4.78, 5) is 25.1. The van der Waals surface area contributed by atoms with Crippen molar-refractivity contribution in [2.45, 2.75) is 6.92 Å². The van der Waals surface area contributed by atoms with Gasteiger partial charge in [0.1, 0.15) is 0 Å². The third kappa shape index (κ3) is 2.15. The van der Waals surface area contributed by atoms with Gasteiger partial charge in [-0.1, -0.05) is 0 Å². The minimum Gasteiger partial charge on any atom is -0.344 e. The van der Waals surface area contributed by atoms with Crippen molar-refractivity contribution in [1.29, 1.82) is 0 Å². The fourth-order valence-corrected chi connectivity index (χ4v) is 1.79. The summed E-state index contributed by atoms with van der Waals surface area (Å²) in [6, 6.07) is 3.37. The fraction of sp³-hybridized carbons (Fsp3) is 0.333. The summed E-state index contributed by atoms with van der Waals surface area (Å²) in [6.45, 7) is 1.50. The zero-order valence-corrected chi connectivity index (χ0v) is 8.64. The van der Waals surface area contributed by atoms with Gasteiger partial charge in [-0.25, -0.2) is 0 Å². The molecule has 1 heterocycles. The normalized spacial score (nSPS) is 9.77. The van der Waals surface area contributed by atoms with Gasteiger partial charge in [0.05, 0.1) is 9.75 Å². The van der Waals surface area contributed by atoms with Crippen molar-refractivity contribution in [2.75, 3.05) is 14.1 Å². The van der Waals surface area contributed by atoms with E-state index < -0.39 is 0 Å². The summed E-state index contributed by atoms with van der Waals surface area (Å²) >= 11 is 1.24. The molecule has 70 valence electrons. The molecule has 1 aromatic heterocycles. The Kier molecular flexibility index (Phi) is 2.83. The Labute approximate surface area is 81.0 Å². The van der Waals surface area contributed by atoms with E-state index in [0.717, 1.165) is 0 Å². The van der Waals surface area contributed by atoms with Crippen LogP contribution in [0, 0.1) is 0 Å². The Morgan fingerprint density at radius 1 is 1.23 bits per heavy atom. The lowest BCUT2D eigenvalue weighted by molar-refractivity contribution is 0.0832. The van der Waals surface area contributed by atoms with Gasteiger partial charge in [0.25, 0.3) is 5.91 Å². The van der Waals surface area contributed by atoms with Crippen molar-refractivity contribution >= 4 is 23.0 Å². The molecule has 0 aliphatic carbocycles. The average molecular weight is 197 g/mol. The van der Waals surface area contributed by atoms with Gasteiger partial charge < -0.3 is 4.90 Å². The molecule has 0 bridgehead atoms. The molecular formula is C9H11NO2S. The number of hydrogen-bond donors (Lipinski definition) is 0. The van der Waals surface area contributed by atoms with E-state index in [-0.39, 0.29) is 11.7 Å². The smallest absolute Gasteiger partial charge is 0.263 e. The summed E-state index contributed by atoms with van der Waals surface area (Å²) in [5, 5.41) is 0. The highest BCUT2D eigenvalue weighted by molar-refractivity contribution is 7.15. The highest BCUT2D eigenvalue weighted by Crippen LogP contribution is 2.17. The van der Waals surface area contributed by atoms with E-state index in [9.17, 15) is 9.59 Å². The lowest BCUT2D eigenvalue weighted by Crippen LogP contribution is -2.20. The van der Waals surface area contributed by atoms with Crippen LogP contribution in [0.2, 0.25) is 0 Å². The van der Waals surface area contributed by atoms with Gasteiger partial charge in [-0.2, -0.15) is 0 Å². The largest absolute Gasteiger partial charge is 0.344 e.